The van der Waals surface area contributed by atoms with Crippen molar-refractivity contribution in [2.45, 2.75) is 25.9 Å². The van der Waals surface area contributed by atoms with E-state index in [-0.39, 0.29) is 0 Å². The van der Waals surface area contributed by atoms with Gasteiger partial charge in [0.25, 0.3) is 0 Å². The Bertz CT molecular complexity index is 293. The number of aromatic nitrogens is 2. The van der Waals surface area contributed by atoms with Gasteiger partial charge in [-0.1, -0.05) is 23.0 Å². The minimum atomic E-state index is 0.581. The fourth-order valence-corrected chi connectivity index (χ4v) is 2.89. The van der Waals surface area contributed by atoms with Crippen molar-refractivity contribution in [3.8, 4) is 0 Å². The van der Waals surface area contributed by atoms with E-state index in [1.807, 2.05) is 11.8 Å². The summed E-state index contributed by atoms with van der Waals surface area (Å²) in [5.41, 5.74) is 0.892. The lowest BCUT2D eigenvalue weighted by atomic mass is 10.2. The molecule has 0 spiro atoms. The molecule has 86 valence electrons. The lowest BCUT2D eigenvalue weighted by Gasteiger charge is -2.25. The van der Waals surface area contributed by atoms with Gasteiger partial charge in [0.2, 0.25) is 0 Å². The van der Waals surface area contributed by atoms with Crippen LogP contribution in [0.5, 0.6) is 0 Å². The van der Waals surface area contributed by atoms with Crippen LogP contribution >= 0.6 is 34.9 Å². The molecule has 1 unspecified atom stereocenters. The van der Waals surface area contributed by atoms with Crippen LogP contribution in [0.25, 0.3) is 0 Å². The number of hydrogen-bond acceptors (Lipinski definition) is 5. The monoisotopic (exact) mass is 265 g/mol. The first-order chi connectivity index (χ1) is 7.19. The molecule has 0 bridgehead atoms. The van der Waals surface area contributed by atoms with Crippen molar-refractivity contribution >= 4 is 34.9 Å². The molecule has 0 N–H and O–H groups in total. The standard InChI is InChI=1S/C9H16ClN3S2/c1-4-7(6-14-3)13(2)5-8-9(10)15-12-11-8/h7H,4-6H2,1-3H3. The topological polar surface area (TPSA) is 29.0 Å². The lowest BCUT2D eigenvalue weighted by Crippen LogP contribution is -2.32. The number of thioether (sulfide) groups is 1. The summed E-state index contributed by atoms with van der Waals surface area (Å²) >= 11 is 9.09. The second kappa shape index (κ2) is 6.68. The molecule has 15 heavy (non-hydrogen) atoms. The largest absolute Gasteiger partial charge is 0.297 e. The summed E-state index contributed by atoms with van der Waals surface area (Å²) in [6, 6.07) is 0.581. The number of hydrogen-bond donors (Lipinski definition) is 0. The van der Waals surface area contributed by atoms with E-state index < -0.39 is 0 Å². The number of halogens is 1. The van der Waals surface area contributed by atoms with E-state index in [1.54, 1.807) is 0 Å². The molecule has 0 amide bonds. The Hall–Kier alpha value is 0.160. The summed E-state index contributed by atoms with van der Waals surface area (Å²) in [7, 11) is 2.11. The van der Waals surface area contributed by atoms with Crippen molar-refractivity contribution < 1.29 is 0 Å². The van der Waals surface area contributed by atoms with Crippen molar-refractivity contribution in [1.82, 2.24) is 14.5 Å². The zero-order valence-electron chi connectivity index (χ0n) is 9.23. The van der Waals surface area contributed by atoms with Crippen LogP contribution in [0, 0.1) is 0 Å². The maximum absolute atomic E-state index is 5.97. The van der Waals surface area contributed by atoms with E-state index in [1.165, 1.54) is 11.5 Å². The van der Waals surface area contributed by atoms with Crippen LogP contribution in [0.2, 0.25) is 4.34 Å². The van der Waals surface area contributed by atoms with Gasteiger partial charge in [-0.25, -0.2) is 0 Å². The molecule has 0 aromatic carbocycles. The van der Waals surface area contributed by atoms with Crippen LogP contribution in [-0.4, -0.2) is 39.6 Å². The quantitative estimate of drug-likeness (QED) is 0.791. The van der Waals surface area contributed by atoms with Crippen molar-refractivity contribution in [1.29, 1.82) is 0 Å². The third-order valence-electron chi connectivity index (χ3n) is 2.36. The van der Waals surface area contributed by atoms with Gasteiger partial charge < -0.3 is 0 Å². The van der Waals surface area contributed by atoms with Gasteiger partial charge >= 0.3 is 0 Å². The van der Waals surface area contributed by atoms with Gasteiger partial charge in [-0.3, -0.25) is 4.90 Å². The molecule has 6 heteroatoms. The SMILES string of the molecule is CCC(CSC)N(C)Cc1nnsc1Cl. The molecule has 0 saturated heterocycles. The third-order valence-corrected chi connectivity index (χ3v) is 4.06. The van der Waals surface area contributed by atoms with E-state index >= 15 is 0 Å². The highest BCUT2D eigenvalue weighted by Gasteiger charge is 2.15. The highest BCUT2D eigenvalue weighted by Crippen LogP contribution is 2.20. The van der Waals surface area contributed by atoms with Gasteiger partial charge in [-0.05, 0) is 19.7 Å². The van der Waals surface area contributed by atoms with Gasteiger partial charge in [0, 0.05) is 29.9 Å². The van der Waals surface area contributed by atoms with Crippen LogP contribution in [0.1, 0.15) is 19.0 Å². The third kappa shape index (κ3) is 3.90. The zero-order valence-corrected chi connectivity index (χ0v) is 11.6. The molecular formula is C9H16ClN3S2. The Kier molecular flexibility index (Phi) is 5.89. The molecule has 1 rings (SSSR count). The second-order valence-corrected chi connectivity index (χ2v) is 5.69. The van der Waals surface area contributed by atoms with Gasteiger partial charge in [0.1, 0.15) is 10.0 Å². The fraction of sp³-hybridized carbons (Fsp3) is 0.778. The summed E-state index contributed by atoms with van der Waals surface area (Å²) in [5, 5.41) is 4.02. The highest BCUT2D eigenvalue weighted by atomic mass is 35.5. The van der Waals surface area contributed by atoms with Gasteiger partial charge in [-0.15, -0.1) is 5.10 Å². The van der Waals surface area contributed by atoms with Crippen molar-refractivity contribution in [3.63, 3.8) is 0 Å². The van der Waals surface area contributed by atoms with Crippen LogP contribution < -0.4 is 0 Å². The Morgan fingerprint density at radius 3 is 2.80 bits per heavy atom. The van der Waals surface area contributed by atoms with Crippen molar-refractivity contribution in [2.24, 2.45) is 0 Å². The molecule has 1 aromatic rings. The van der Waals surface area contributed by atoms with E-state index in [2.05, 4.69) is 34.7 Å². The molecule has 3 nitrogen and oxygen atoms in total. The summed E-state index contributed by atoms with van der Waals surface area (Å²) in [4.78, 5) is 2.29. The van der Waals surface area contributed by atoms with Crippen molar-refractivity contribution in [3.05, 3.63) is 10.0 Å². The van der Waals surface area contributed by atoms with Gasteiger partial charge in [-0.2, -0.15) is 11.8 Å². The molecule has 1 aromatic heterocycles. The normalized spacial score (nSPS) is 13.4. The summed E-state index contributed by atoms with van der Waals surface area (Å²) in [5.74, 6) is 1.14. The molecule has 1 heterocycles. The van der Waals surface area contributed by atoms with Crippen LogP contribution in [-0.2, 0) is 6.54 Å². The van der Waals surface area contributed by atoms with Crippen LogP contribution in [0.3, 0.4) is 0 Å². The predicted molar refractivity (Wildman–Crippen MR) is 68.8 cm³/mol. The van der Waals surface area contributed by atoms with Gasteiger partial charge in [0.15, 0.2) is 0 Å². The molecule has 0 fully saturated rings. The van der Waals surface area contributed by atoms with E-state index in [4.69, 9.17) is 11.6 Å². The van der Waals surface area contributed by atoms with Crippen molar-refractivity contribution in [2.75, 3.05) is 19.1 Å². The molecule has 0 aliphatic carbocycles. The molecule has 0 saturated carbocycles. The molecule has 0 aliphatic rings. The number of nitrogens with zero attached hydrogens (tertiary/aromatic N) is 3. The van der Waals surface area contributed by atoms with Gasteiger partial charge in [0.05, 0.1) is 0 Å². The average molecular weight is 266 g/mol. The Morgan fingerprint density at radius 1 is 1.60 bits per heavy atom. The molecule has 0 radical (unpaired) electrons. The first kappa shape index (κ1) is 13.2. The maximum Gasteiger partial charge on any atom is 0.138 e. The molecule has 1 atom stereocenters. The smallest absolute Gasteiger partial charge is 0.138 e. The van der Waals surface area contributed by atoms with E-state index in [9.17, 15) is 0 Å². The predicted octanol–water partition coefficient (Wildman–Crippen LogP) is 2.76. The summed E-state index contributed by atoms with van der Waals surface area (Å²) in [6.07, 6.45) is 3.28. The number of rotatable bonds is 6. The molecular weight excluding hydrogens is 250 g/mol. The molecule has 0 aliphatic heterocycles. The second-order valence-electron chi connectivity index (χ2n) is 3.43. The van der Waals surface area contributed by atoms with E-state index in [0.717, 1.165) is 24.4 Å². The first-order valence-electron chi connectivity index (χ1n) is 4.85. The van der Waals surface area contributed by atoms with E-state index in [0.29, 0.717) is 10.4 Å². The maximum atomic E-state index is 5.97. The average Bonchev–Trinajstić information content (AvgIpc) is 2.60. The van der Waals surface area contributed by atoms with Crippen LogP contribution in [0.4, 0.5) is 0 Å². The minimum Gasteiger partial charge on any atom is -0.297 e. The highest BCUT2D eigenvalue weighted by molar-refractivity contribution is 7.98. The Balaban J connectivity index is 2.53. The summed E-state index contributed by atoms with van der Waals surface area (Å²) < 4.78 is 4.54. The zero-order chi connectivity index (χ0) is 11.3. The lowest BCUT2D eigenvalue weighted by molar-refractivity contribution is 0.245. The minimum absolute atomic E-state index is 0.581. The van der Waals surface area contributed by atoms with Crippen LogP contribution in [0.15, 0.2) is 0 Å². The fourth-order valence-electron chi connectivity index (χ4n) is 1.41. The summed E-state index contributed by atoms with van der Waals surface area (Å²) in [6.45, 7) is 2.99. The first-order valence-corrected chi connectivity index (χ1v) is 7.39. The Labute approximate surface area is 104 Å². The Morgan fingerprint density at radius 2 is 2.33 bits per heavy atom.